The number of non-ortho nitro benzene ring substituents is 1. The molecular formula is C21H17ClN2O6S. The number of nitrogens with zero attached hydrogens (tertiary/aromatic N) is 2. The number of carbonyl (C=O) groups is 1. The number of hydrogen-bond acceptors (Lipinski definition) is 6. The lowest BCUT2D eigenvalue weighted by Crippen LogP contribution is -2.26. The molecule has 0 aliphatic carbocycles. The fraction of sp³-hybridized carbons (Fsp3) is 0.0952. The minimum absolute atomic E-state index is 0.0579. The molecule has 0 N–H and O–H groups in total. The smallest absolute Gasteiger partial charge is 0.338 e. The van der Waals surface area contributed by atoms with Gasteiger partial charge in [0.2, 0.25) is 0 Å². The van der Waals surface area contributed by atoms with E-state index in [1.807, 2.05) is 0 Å². The zero-order chi connectivity index (χ0) is 22.6. The van der Waals surface area contributed by atoms with E-state index in [9.17, 15) is 23.3 Å². The number of rotatable bonds is 7. The molecule has 0 aromatic heterocycles. The first kappa shape index (κ1) is 22.3. The second-order valence-corrected chi connectivity index (χ2v) is 8.89. The van der Waals surface area contributed by atoms with Crippen LogP contribution in [0.25, 0.3) is 0 Å². The van der Waals surface area contributed by atoms with Crippen molar-refractivity contribution in [1.29, 1.82) is 0 Å². The molecule has 0 fully saturated rings. The second-order valence-electron chi connectivity index (χ2n) is 6.48. The predicted molar refractivity (Wildman–Crippen MR) is 116 cm³/mol. The molecule has 0 spiro atoms. The largest absolute Gasteiger partial charge is 0.457 e. The van der Waals surface area contributed by atoms with Crippen LogP contribution in [-0.2, 0) is 21.4 Å². The van der Waals surface area contributed by atoms with Gasteiger partial charge in [0.1, 0.15) is 6.61 Å². The first-order valence-corrected chi connectivity index (χ1v) is 10.8. The molecule has 0 amide bonds. The molecule has 0 saturated heterocycles. The van der Waals surface area contributed by atoms with Crippen LogP contribution in [-0.4, -0.2) is 26.4 Å². The van der Waals surface area contributed by atoms with Gasteiger partial charge >= 0.3 is 5.97 Å². The topological polar surface area (TPSA) is 107 Å². The molecule has 3 aromatic rings. The van der Waals surface area contributed by atoms with E-state index in [0.29, 0.717) is 16.3 Å². The van der Waals surface area contributed by atoms with Crippen LogP contribution >= 0.6 is 11.6 Å². The SMILES string of the molecule is CN(c1cccc(Cl)c1)S(=O)(=O)c1cccc(C(=O)OCc2ccc([N+](=O)[O-])cc2)c1. The summed E-state index contributed by atoms with van der Waals surface area (Å²) in [5.41, 5.74) is 0.918. The van der Waals surface area contributed by atoms with Crippen LogP contribution in [0.15, 0.2) is 77.7 Å². The maximum atomic E-state index is 13.0. The first-order chi connectivity index (χ1) is 14.7. The molecule has 160 valence electrons. The maximum Gasteiger partial charge on any atom is 0.338 e. The molecule has 0 aliphatic heterocycles. The molecule has 0 saturated carbocycles. The standard InChI is InChI=1S/C21H17ClN2O6S/c1-23(19-6-3-5-17(22)13-19)31(28,29)20-7-2-4-16(12-20)21(25)30-14-15-8-10-18(11-9-15)24(26)27/h2-13H,14H2,1H3. The summed E-state index contributed by atoms with van der Waals surface area (Å²) in [6.45, 7) is -0.115. The predicted octanol–water partition coefficient (Wildman–Crippen LogP) is 4.43. The highest BCUT2D eigenvalue weighted by Gasteiger charge is 2.23. The number of hydrogen-bond donors (Lipinski definition) is 0. The van der Waals surface area contributed by atoms with E-state index in [0.717, 1.165) is 4.31 Å². The minimum Gasteiger partial charge on any atom is -0.457 e. The van der Waals surface area contributed by atoms with Gasteiger partial charge in [0.05, 0.1) is 21.1 Å². The molecule has 0 aliphatic rings. The van der Waals surface area contributed by atoms with E-state index in [1.165, 1.54) is 61.6 Å². The molecule has 3 aromatic carbocycles. The number of halogens is 1. The Balaban J connectivity index is 1.75. The van der Waals surface area contributed by atoms with Crippen molar-refractivity contribution in [2.24, 2.45) is 0 Å². The van der Waals surface area contributed by atoms with Crippen LogP contribution in [0.4, 0.5) is 11.4 Å². The lowest BCUT2D eigenvalue weighted by molar-refractivity contribution is -0.384. The van der Waals surface area contributed by atoms with Crippen molar-refractivity contribution in [1.82, 2.24) is 0 Å². The number of ether oxygens (including phenoxy) is 1. The van der Waals surface area contributed by atoms with Crippen molar-refractivity contribution in [3.05, 3.63) is 99.1 Å². The monoisotopic (exact) mass is 460 g/mol. The lowest BCUT2D eigenvalue weighted by atomic mass is 10.2. The van der Waals surface area contributed by atoms with Crippen LogP contribution in [0.5, 0.6) is 0 Å². The summed E-state index contributed by atoms with van der Waals surface area (Å²) in [5.74, 6) is -0.721. The van der Waals surface area contributed by atoms with Crippen LogP contribution in [0.3, 0.4) is 0 Å². The van der Waals surface area contributed by atoms with Gasteiger partial charge in [0.15, 0.2) is 0 Å². The van der Waals surface area contributed by atoms with Gasteiger partial charge in [-0.2, -0.15) is 0 Å². The van der Waals surface area contributed by atoms with Gasteiger partial charge in [0.25, 0.3) is 15.7 Å². The van der Waals surface area contributed by atoms with Crippen LogP contribution in [0.1, 0.15) is 15.9 Å². The number of nitro benzene ring substituents is 1. The van der Waals surface area contributed by atoms with Gasteiger partial charge in [0, 0.05) is 24.2 Å². The van der Waals surface area contributed by atoms with Gasteiger partial charge in [-0.1, -0.05) is 23.7 Å². The van der Waals surface area contributed by atoms with Crippen molar-refractivity contribution in [2.45, 2.75) is 11.5 Å². The van der Waals surface area contributed by atoms with Crippen molar-refractivity contribution >= 4 is 39.0 Å². The van der Waals surface area contributed by atoms with Gasteiger partial charge in [-0.15, -0.1) is 0 Å². The van der Waals surface area contributed by atoms with Gasteiger partial charge in [-0.25, -0.2) is 13.2 Å². The Kier molecular flexibility index (Phi) is 6.57. The second kappa shape index (κ2) is 9.15. The highest BCUT2D eigenvalue weighted by Crippen LogP contribution is 2.25. The first-order valence-electron chi connectivity index (χ1n) is 8.93. The summed E-state index contributed by atoms with van der Waals surface area (Å²) in [7, 11) is -2.55. The Labute approximate surface area is 183 Å². The highest BCUT2D eigenvalue weighted by atomic mass is 35.5. The minimum atomic E-state index is -3.94. The third-order valence-corrected chi connectivity index (χ3v) is 6.43. The normalized spacial score (nSPS) is 11.0. The number of benzene rings is 3. The molecule has 0 heterocycles. The third-order valence-electron chi connectivity index (χ3n) is 4.42. The van der Waals surface area contributed by atoms with Gasteiger partial charge in [-0.3, -0.25) is 14.4 Å². The van der Waals surface area contributed by atoms with Crippen LogP contribution in [0, 0.1) is 10.1 Å². The molecule has 0 radical (unpaired) electrons. The van der Waals surface area contributed by atoms with Crippen molar-refractivity contribution in [3.8, 4) is 0 Å². The number of nitro groups is 1. The van der Waals surface area contributed by atoms with Gasteiger partial charge in [-0.05, 0) is 54.1 Å². The molecule has 10 heteroatoms. The summed E-state index contributed by atoms with van der Waals surface area (Å²) in [4.78, 5) is 22.5. The Hall–Kier alpha value is -3.43. The zero-order valence-corrected chi connectivity index (χ0v) is 17.8. The Morgan fingerprint density at radius 3 is 2.39 bits per heavy atom. The van der Waals surface area contributed by atoms with E-state index in [2.05, 4.69) is 0 Å². The Bertz CT molecular complexity index is 1230. The fourth-order valence-electron chi connectivity index (χ4n) is 2.70. The molecule has 0 atom stereocenters. The van der Waals surface area contributed by atoms with E-state index in [4.69, 9.17) is 16.3 Å². The summed E-state index contributed by atoms with van der Waals surface area (Å²) in [6.07, 6.45) is 0. The quantitative estimate of drug-likeness (QED) is 0.293. The van der Waals surface area contributed by atoms with Crippen molar-refractivity contribution in [3.63, 3.8) is 0 Å². The fourth-order valence-corrected chi connectivity index (χ4v) is 4.12. The van der Waals surface area contributed by atoms with E-state index in [-0.39, 0.29) is 22.8 Å². The van der Waals surface area contributed by atoms with Crippen molar-refractivity contribution < 1.29 is 22.9 Å². The Morgan fingerprint density at radius 1 is 1.06 bits per heavy atom. The third kappa shape index (κ3) is 5.19. The summed E-state index contributed by atoms with van der Waals surface area (Å²) >= 11 is 5.95. The summed E-state index contributed by atoms with van der Waals surface area (Å²) in [6, 6.07) is 17.5. The van der Waals surface area contributed by atoms with Crippen LogP contribution in [0.2, 0.25) is 5.02 Å². The van der Waals surface area contributed by atoms with E-state index >= 15 is 0 Å². The average molecular weight is 461 g/mol. The highest BCUT2D eigenvalue weighted by molar-refractivity contribution is 7.92. The van der Waals surface area contributed by atoms with Crippen LogP contribution < -0.4 is 4.31 Å². The van der Waals surface area contributed by atoms with E-state index in [1.54, 1.807) is 18.2 Å². The molecular weight excluding hydrogens is 444 g/mol. The average Bonchev–Trinajstić information content (AvgIpc) is 2.77. The number of esters is 1. The number of anilines is 1. The lowest BCUT2D eigenvalue weighted by Gasteiger charge is -2.20. The zero-order valence-electron chi connectivity index (χ0n) is 16.3. The molecule has 0 unspecified atom stereocenters. The van der Waals surface area contributed by atoms with Gasteiger partial charge < -0.3 is 4.74 Å². The summed E-state index contributed by atoms with van der Waals surface area (Å²) in [5, 5.41) is 11.1. The molecule has 0 bridgehead atoms. The van der Waals surface area contributed by atoms with E-state index < -0.39 is 20.9 Å². The van der Waals surface area contributed by atoms with Crippen molar-refractivity contribution in [2.75, 3.05) is 11.4 Å². The Morgan fingerprint density at radius 2 is 1.74 bits per heavy atom. The molecule has 3 rings (SSSR count). The summed E-state index contributed by atoms with van der Waals surface area (Å²) < 4.78 is 32.2. The molecule has 8 nitrogen and oxygen atoms in total. The number of carbonyl (C=O) groups excluding carboxylic acids is 1. The number of sulfonamides is 1. The maximum absolute atomic E-state index is 13.0. The molecule has 31 heavy (non-hydrogen) atoms.